The lowest BCUT2D eigenvalue weighted by atomic mass is 9.89. The Morgan fingerprint density at radius 3 is 2.88 bits per heavy atom. The summed E-state index contributed by atoms with van der Waals surface area (Å²) in [5, 5.41) is 20.5. The number of aryl methyl sites for hydroxylation is 1. The number of aliphatic hydroxyl groups excluding tert-OH is 1. The fourth-order valence-electron chi connectivity index (χ4n) is 4.03. The number of nitrogens with zero attached hydrogens (tertiary/aromatic N) is 2. The van der Waals surface area contributed by atoms with E-state index in [2.05, 4.69) is 20.4 Å². The first-order valence-electron chi connectivity index (χ1n) is 9.28. The van der Waals surface area contributed by atoms with Crippen LogP contribution in [0.5, 0.6) is 0 Å². The summed E-state index contributed by atoms with van der Waals surface area (Å²) >= 11 is 0. The maximum Gasteiger partial charge on any atom is 0.234 e. The van der Waals surface area contributed by atoms with Crippen LogP contribution >= 0.6 is 0 Å². The van der Waals surface area contributed by atoms with Gasteiger partial charge in [-0.15, -0.1) is 0 Å². The molecule has 1 amide bonds. The maximum absolute atomic E-state index is 12.2. The second-order valence-corrected chi connectivity index (χ2v) is 7.58. The minimum atomic E-state index is -0.381. The van der Waals surface area contributed by atoms with Crippen LogP contribution in [-0.4, -0.2) is 58.4 Å². The van der Waals surface area contributed by atoms with Gasteiger partial charge in [-0.3, -0.25) is 14.8 Å². The van der Waals surface area contributed by atoms with Crippen LogP contribution in [0, 0.1) is 18.8 Å². The topological polar surface area (TPSA) is 81.2 Å². The molecular weight excluding hydrogens is 304 g/mol. The molecule has 1 saturated carbocycles. The lowest BCUT2D eigenvalue weighted by molar-refractivity contribution is -0.122. The number of hydrogen-bond acceptors (Lipinski definition) is 4. The van der Waals surface area contributed by atoms with Crippen LogP contribution < -0.4 is 5.32 Å². The minimum Gasteiger partial charge on any atom is -0.391 e. The molecule has 2 atom stereocenters. The van der Waals surface area contributed by atoms with E-state index < -0.39 is 0 Å². The van der Waals surface area contributed by atoms with Gasteiger partial charge in [0, 0.05) is 31.2 Å². The van der Waals surface area contributed by atoms with Crippen molar-refractivity contribution in [2.75, 3.05) is 26.2 Å². The number of likely N-dealkylation sites (tertiary alicyclic amines) is 1. The highest BCUT2D eigenvalue weighted by molar-refractivity contribution is 5.78. The molecule has 1 aliphatic heterocycles. The van der Waals surface area contributed by atoms with E-state index in [1.807, 2.05) is 13.0 Å². The molecule has 6 nitrogen and oxygen atoms in total. The van der Waals surface area contributed by atoms with Crippen molar-refractivity contribution in [1.82, 2.24) is 20.4 Å². The zero-order valence-electron chi connectivity index (χ0n) is 14.6. The van der Waals surface area contributed by atoms with Crippen LogP contribution in [0.1, 0.15) is 43.5 Å². The van der Waals surface area contributed by atoms with E-state index in [0.29, 0.717) is 19.0 Å². The number of carbonyl (C=O) groups is 1. The van der Waals surface area contributed by atoms with Crippen molar-refractivity contribution in [3.63, 3.8) is 0 Å². The quantitative estimate of drug-likeness (QED) is 0.731. The molecule has 1 aliphatic carbocycles. The highest BCUT2D eigenvalue weighted by Crippen LogP contribution is 2.23. The monoisotopic (exact) mass is 334 g/mol. The van der Waals surface area contributed by atoms with Crippen molar-refractivity contribution < 1.29 is 9.90 Å². The second kappa shape index (κ2) is 8.12. The summed E-state index contributed by atoms with van der Waals surface area (Å²) in [7, 11) is 0. The van der Waals surface area contributed by atoms with Gasteiger partial charge in [0.05, 0.1) is 18.3 Å². The van der Waals surface area contributed by atoms with Crippen LogP contribution in [-0.2, 0) is 11.2 Å². The van der Waals surface area contributed by atoms with E-state index in [0.717, 1.165) is 30.9 Å². The fraction of sp³-hybridized carbons (Fsp3) is 0.778. The van der Waals surface area contributed by atoms with Crippen molar-refractivity contribution >= 4 is 5.91 Å². The summed E-state index contributed by atoms with van der Waals surface area (Å²) in [6.45, 7) is 4.50. The smallest absolute Gasteiger partial charge is 0.234 e. The third-order valence-electron chi connectivity index (χ3n) is 5.39. The molecule has 2 aliphatic rings. The van der Waals surface area contributed by atoms with Crippen LogP contribution in [0.4, 0.5) is 0 Å². The first-order chi connectivity index (χ1) is 11.6. The van der Waals surface area contributed by atoms with E-state index >= 15 is 0 Å². The third kappa shape index (κ3) is 4.80. The number of hydrogen-bond donors (Lipinski definition) is 3. The number of H-pyrrole nitrogens is 1. The third-order valence-corrected chi connectivity index (χ3v) is 5.39. The lowest BCUT2D eigenvalue weighted by Crippen LogP contribution is -2.38. The van der Waals surface area contributed by atoms with Crippen molar-refractivity contribution in [3.05, 3.63) is 17.5 Å². The average Bonchev–Trinajstić information content (AvgIpc) is 3.12. The van der Waals surface area contributed by atoms with E-state index in [9.17, 15) is 9.90 Å². The average molecular weight is 334 g/mol. The number of nitrogens with one attached hydrogen (secondary N) is 2. The first-order valence-corrected chi connectivity index (χ1v) is 9.28. The number of aromatic amines is 1. The Kier molecular flexibility index (Phi) is 5.89. The van der Waals surface area contributed by atoms with Gasteiger partial charge in [0.25, 0.3) is 0 Å². The highest BCUT2D eigenvalue weighted by atomic mass is 16.3. The summed E-state index contributed by atoms with van der Waals surface area (Å²) in [4.78, 5) is 14.2. The van der Waals surface area contributed by atoms with Gasteiger partial charge in [-0.1, -0.05) is 19.3 Å². The molecule has 0 unspecified atom stereocenters. The molecule has 1 aromatic heterocycles. The molecule has 2 fully saturated rings. The molecule has 0 spiro atoms. The van der Waals surface area contributed by atoms with Gasteiger partial charge in [-0.05, 0) is 38.2 Å². The normalized spacial score (nSPS) is 25.9. The summed E-state index contributed by atoms with van der Waals surface area (Å²) in [5.41, 5.74) is 2.02. The summed E-state index contributed by atoms with van der Waals surface area (Å²) in [5.74, 6) is 0.894. The van der Waals surface area contributed by atoms with Gasteiger partial charge in [0.1, 0.15) is 0 Å². The molecule has 0 aromatic carbocycles. The first kappa shape index (κ1) is 17.4. The van der Waals surface area contributed by atoms with Crippen LogP contribution in [0.3, 0.4) is 0 Å². The van der Waals surface area contributed by atoms with Crippen molar-refractivity contribution in [1.29, 1.82) is 0 Å². The molecule has 24 heavy (non-hydrogen) atoms. The van der Waals surface area contributed by atoms with Gasteiger partial charge in [0.15, 0.2) is 0 Å². The van der Waals surface area contributed by atoms with Crippen molar-refractivity contribution in [3.8, 4) is 0 Å². The van der Waals surface area contributed by atoms with Gasteiger partial charge in [-0.2, -0.15) is 5.10 Å². The lowest BCUT2D eigenvalue weighted by Gasteiger charge is -2.22. The summed E-state index contributed by atoms with van der Waals surface area (Å²) < 4.78 is 0. The molecule has 3 rings (SSSR count). The number of β-amino-alcohol motifs (C(OH)–C–C–N with tert-alkyl or cyclic N) is 1. The Morgan fingerprint density at radius 2 is 2.17 bits per heavy atom. The number of amides is 1. The fourth-order valence-corrected chi connectivity index (χ4v) is 4.03. The zero-order chi connectivity index (χ0) is 16.9. The Bertz CT molecular complexity index is 539. The Morgan fingerprint density at radius 1 is 1.38 bits per heavy atom. The molecular formula is C18H30N4O2. The van der Waals surface area contributed by atoms with Crippen LogP contribution in [0.15, 0.2) is 6.07 Å². The Hall–Kier alpha value is -1.40. The Balaban J connectivity index is 1.40. The van der Waals surface area contributed by atoms with E-state index in [-0.39, 0.29) is 17.9 Å². The van der Waals surface area contributed by atoms with Gasteiger partial charge in [-0.25, -0.2) is 0 Å². The van der Waals surface area contributed by atoms with Crippen molar-refractivity contribution in [2.24, 2.45) is 11.8 Å². The molecule has 1 aromatic rings. The SMILES string of the molecule is Cc1cc(C[C@@H]2CN(CC(=O)NCC3CCCCC3)C[C@H]2O)n[nH]1. The predicted octanol–water partition coefficient (Wildman–Crippen LogP) is 1.25. The number of aliphatic hydroxyl groups is 1. The molecule has 2 heterocycles. The standard InChI is InChI=1S/C18H30N4O2/c1-13-7-16(21-20-13)8-15-10-22(11-17(15)23)12-18(24)19-9-14-5-3-2-4-6-14/h7,14-15,17,23H,2-6,8-12H2,1H3,(H,19,24)(H,20,21)/t15-,17-/m1/s1. The summed E-state index contributed by atoms with van der Waals surface area (Å²) in [6, 6.07) is 2.02. The zero-order valence-corrected chi connectivity index (χ0v) is 14.6. The molecule has 3 N–H and O–H groups in total. The molecule has 134 valence electrons. The number of aromatic nitrogens is 2. The van der Waals surface area contributed by atoms with Gasteiger partial charge in [0.2, 0.25) is 5.91 Å². The van der Waals surface area contributed by atoms with E-state index in [1.165, 1.54) is 32.1 Å². The van der Waals surface area contributed by atoms with E-state index in [1.54, 1.807) is 0 Å². The predicted molar refractivity (Wildman–Crippen MR) is 92.6 cm³/mol. The highest BCUT2D eigenvalue weighted by Gasteiger charge is 2.32. The van der Waals surface area contributed by atoms with E-state index in [4.69, 9.17) is 0 Å². The van der Waals surface area contributed by atoms with Gasteiger partial charge >= 0.3 is 0 Å². The second-order valence-electron chi connectivity index (χ2n) is 7.58. The van der Waals surface area contributed by atoms with Crippen LogP contribution in [0.25, 0.3) is 0 Å². The van der Waals surface area contributed by atoms with Crippen LogP contribution in [0.2, 0.25) is 0 Å². The molecule has 0 bridgehead atoms. The minimum absolute atomic E-state index is 0.0871. The number of carbonyl (C=O) groups excluding carboxylic acids is 1. The maximum atomic E-state index is 12.2. The largest absolute Gasteiger partial charge is 0.391 e. The number of rotatable bonds is 6. The molecule has 0 radical (unpaired) electrons. The molecule has 1 saturated heterocycles. The van der Waals surface area contributed by atoms with Crippen molar-refractivity contribution in [2.45, 2.75) is 51.6 Å². The summed E-state index contributed by atoms with van der Waals surface area (Å²) in [6.07, 6.45) is 6.80. The van der Waals surface area contributed by atoms with Gasteiger partial charge < -0.3 is 10.4 Å². The molecule has 6 heteroatoms. The Labute approximate surface area is 144 Å².